The molecule has 1 unspecified atom stereocenters. The van der Waals surface area contributed by atoms with Crippen LogP contribution in [-0.2, 0) is 17.9 Å². The number of fused-ring (bicyclic) bond motifs is 1. The number of methoxy groups -OCH3 is 1. The molecule has 0 aliphatic carbocycles. The Bertz CT molecular complexity index is 1370. The molecule has 2 N–H and O–H groups in total. The van der Waals surface area contributed by atoms with Gasteiger partial charge in [0.15, 0.2) is 11.4 Å². The van der Waals surface area contributed by atoms with Crippen LogP contribution in [0.1, 0.15) is 18.2 Å². The van der Waals surface area contributed by atoms with Gasteiger partial charge in [-0.2, -0.15) is 0 Å². The van der Waals surface area contributed by atoms with Gasteiger partial charge in [0.2, 0.25) is 0 Å². The summed E-state index contributed by atoms with van der Waals surface area (Å²) in [5.41, 5.74) is 0.102. The molecule has 0 saturated carbocycles. The molecule has 4 rings (SSSR count). The predicted molar refractivity (Wildman–Crippen MR) is 124 cm³/mol. The van der Waals surface area contributed by atoms with Crippen molar-refractivity contribution in [1.29, 1.82) is 0 Å². The molecular weight excluding hydrogens is 422 g/mol. The fraction of sp³-hybridized carbons (Fsp3) is 0.240. The van der Waals surface area contributed by atoms with E-state index >= 15 is 0 Å². The summed E-state index contributed by atoms with van der Waals surface area (Å²) >= 11 is 0. The van der Waals surface area contributed by atoms with E-state index in [-0.39, 0.29) is 18.6 Å². The van der Waals surface area contributed by atoms with Gasteiger partial charge in [-0.1, -0.05) is 35.5 Å². The summed E-state index contributed by atoms with van der Waals surface area (Å²) < 4.78 is 12.2. The average molecular weight is 447 g/mol. The Labute approximate surface area is 190 Å². The zero-order valence-electron chi connectivity index (χ0n) is 18.7. The number of aliphatic hydroxyl groups is 1. The highest BCUT2D eigenvalue weighted by atomic mass is 16.5. The van der Waals surface area contributed by atoms with Crippen LogP contribution in [0, 0.1) is 6.92 Å². The van der Waals surface area contributed by atoms with Crippen molar-refractivity contribution < 1.29 is 19.2 Å². The predicted octanol–water partition coefficient (Wildman–Crippen LogP) is 3.04. The third-order valence-corrected chi connectivity index (χ3v) is 5.47. The SMILES string of the molecule is COc1ccc2ccccc2c1-c1cc(CNC(=O)C(C)(O)Cn2ccc(C)cc2=O)on1. The number of aryl methyl sites for hydroxylation is 1. The van der Waals surface area contributed by atoms with Gasteiger partial charge in [-0.05, 0) is 42.3 Å². The fourth-order valence-electron chi connectivity index (χ4n) is 3.70. The summed E-state index contributed by atoms with van der Waals surface area (Å²) in [6.07, 6.45) is 1.56. The highest BCUT2D eigenvalue weighted by molar-refractivity contribution is 5.98. The minimum Gasteiger partial charge on any atom is -0.496 e. The first-order valence-electron chi connectivity index (χ1n) is 10.5. The van der Waals surface area contributed by atoms with Crippen LogP contribution in [0.2, 0.25) is 0 Å². The number of nitrogens with zero attached hydrogens (tertiary/aromatic N) is 2. The van der Waals surface area contributed by atoms with Crippen molar-refractivity contribution in [2.75, 3.05) is 7.11 Å². The van der Waals surface area contributed by atoms with Gasteiger partial charge >= 0.3 is 0 Å². The molecule has 0 fully saturated rings. The lowest BCUT2D eigenvalue weighted by molar-refractivity contribution is -0.139. The van der Waals surface area contributed by atoms with E-state index < -0.39 is 11.5 Å². The lowest BCUT2D eigenvalue weighted by Crippen LogP contribution is -2.48. The number of nitrogens with one attached hydrogen (secondary N) is 1. The number of hydrogen-bond donors (Lipinski definition) is 2. The molecule has 0 saturated heterocycles. The average Bonchev–Trinajstić information content (AvgIpc) is 3.27. The van der Waals surface area contributed by atoms with E-state index in [9.17, 15) is 14.7 Å². The number of hydrogen-bond acceptors (Lipinski definition) is 6. The molecule has 0 bridgehead atoms. The van der Waals surface area contributed by atoms with Gasteiger partial charge in [0.25, 0.3) is 11.5 Å². The van der Waals surface area contributed by atoms with Gasteiger partial charge in [-0.15, -0.1) is 0 Å². The molecule has 8 nitrogen and oxygen atoms in total. The van der Waals surface area contributed by atoms with Gasteiger partial charge in [0, 0.05) is 18.3 Å². The van der Waals surface area contributed by atoms with Gasteiger partial charge in [0.05, 0.1) is 25.8 Å². The number of aromatic nitrogens is 2. The number of benzene rings is 2. The Morgan fingerprint density at radius 3 is 2.76 bits per heavy atom. The van der Waals surface area contributed by atoms with Gasteiger partial charge in [-0.25, -0.2) is 0 Å². The maximum Gasteiger partial charge on any atom is 0.253 e. The molecule has 2 heterocycles. The molecule has 33 heavy (non-hydrogen) atoms. The highest BCUT2D eigenvalue weighted by Crippen LogP contribution is 2.36. The molecule has 0 spiro atoms. The number of rotatable bonds is 7. The topological polar surface area (TPSA) is 107 Å². The van der Waals surface area contributed by atoms with Crippen molar-refractivity contribution in [3.05, 3.63) is 82.5 Å². The first kappa shape index (κ1) is 22.3. The second-order valence-corrected chi connectivity index (χ2v) is 8.17. The van der Waals surface area contributed by atoms with Crippen molar-refractivity contribution in [2.24, 2.45) is 0 Å². The van der Waals surface area contributed by atoms with Gasteiger partial charge in [-0.3, -0.25) is 9.59 Å². The van der Waals surface area contributed by atoms with E-state index in [4.69, 9.17) is 9.26 Å². The number of amides is 1. The summed E-state index contributed by atoms with van der Waals surface area (Å²) in [5, 5.41) is 19.5. The van der Waals surface area contributed by atoms with Crippen molar-refractivity contribution in [2.45, 2.75) is 32.5 Å². The van der Waals surface area contributed by atoms with Crippen LogP contribution in [0.5, 0.6) is 5.75 Å². The van der Waals surface area contributed by atoms with Crippen LogP contribution in [0.4, 0.5) is 0 Å². The van der Waals surface area contributed by atoms with Crippen molar-refractivity contribution in [3.63, 3.8) is 0 Å². The zero-order valence-corrected chi connectivity index (χ0v) is 18.7. The maximum absolute atomic E-state index is 12.6. The molecule has 1 atom stereocenters. The Hall–Kier alpha value is -3.91. The van der Waals surface area contributed by atoms with Crippen molar-refractivity contribution in [1.82, 2.24) is 15.0 Å². The molecule has 8 heteroatoms. The van der Waals surface area contributed by atoms with E-state index in [1.54, 1.807) is 32.4 Å². The second kappa shape index (κ2) is 8.91. The largest absolute Gasteiger partial charge is 0.496 e. The third kappa shape index (κ3) is 4.65. The molecule has 170 valence electrons. The van der Waals surface area contributed by atoms with Crippen LogP contribution in [0.3, 0.4) is 0 Å². The zero-order chi connectivity index (χ0) is 23.6. The molecule has 2 aromatic heterocycles. The summed E-state index contributed by atoms with van der Waals surface area (Å²) in [7, 11) is 1.59. The summed E-state index contributed by atoms with van der Waals surface area (Å²) in [6.45, 7) is 3.02. The first-order chi connectivity index (χ1) is 15.8. The first-order valence-corrected chi connectivity index (χ1v) is 10.5. The second-order valence-electron chi connectivity index (χ2n) is 8.17. The van der Waals surface area contributed by atoms with Crippen LogP contribution < -0.4 is 15.6 Å². The quantitative estimate of drug-likeness (QED) is 0.451. The molecule has 4 aromatic rings. The third-order valence-electron chi connectivity index (χ3n) is 5.47. The monoisotopic (exact) mass is 447 g/mol. The van der Waals surface area contributed by atoms with Crippen LogP contribution in [0.15, 0.2) is 70.1 Å². The van der Waals surface area contributed by atoms with Crippen molar-refractivity contribution >= 4 is 16.7 Å². The number of carbonyl (C=O) groups excluding carboxylic acids is 1. The lowest BCUT2D eigenvalue weighted by Gasteiger charge is -2.23. The molecular formula is C25H25N3O5. The maximum atomic E-state index is 12.6. The molecule has 0 aliphatic rings. The Kier molecular flexibility index (Phi) is 6.02. The Balaban J connectivity index is 1.50. The summed E-state index contributed by atoms with van der Waals surface area (Å²) in [6, 6.07) is 16.6. The van der Waals surface area contributed by atoms with Crippen LogP contribution in [-0.4, -0.2) is 33.4 Å². The van der Waals surface area contributed by atoms with Crippen LogP contribution in [0.25, 0.3) is 22.0 Å². The van der Waals surface area contributed by atoms with Crippen molar-refractivity contribution in [3.8, 4) is 17.0 Å². The standard InChI is InChI=1S/C25H25N3O5/c1-16-10-11-28(22(29)12-16)15-25(2,31)24(30)26-14-18-13-20(27-33-18)23-19-7-5-4-6-17(19)8-9-21(23)32-3/h4-13,31H,14-15H2,1-3H3,(H,26,30). The lowest BCUT2D eigenvalue weighted by atomic mass is 10.0. The van der Waals surface area contributed by atoms with E-state index in [1.807, 2.05) is 36.4 Å². The van der Waals surface area contributed by atoms with Crippen LogP contribution >= 0.6 is 0 Å². The summed E-state index contributed by atoms with van der Waals surface area (Å²) in [4.78, 5) is 24.7. The highest BCUT2D eigenvalue weighted by Gasteiger charge is 2.31. The molecule has 0 aliphatic heterocycles. The van der Waals surface area contributed by atoms with E-state index in [2.05, 4.69) is 10.5 Å². The fourth-order valence-corrected chi connectivity index (χ4v) is 3.70. The minimum atomic E-state index is -1.79. The Morgan fingerprint density at radius 2 is 2.00 bits per heavy atom. The minimum absolute atomic E-state index is 0.0257. The number of carbonyl (C=O) groups is 1. The molecule has 1 amide bonds. The van der Waals surface area contributed by atoms with E-state index in [1.165, 1.54) is 17.6 Å². The molecule has 0 radical (unpaired) electrons. The van der Waals surface area contributed by atoms with E-state index in [0.717, 1.165) is 21.9 Å². The number of pyridine rings is 1. The van der Waals surface area contributed by atoms with Gasteiger partial charge in [0.1, 0.15) is 11.4 Å². The normalized spacial score (nSPS) is 13.0. The number of ether oxygens (including phenoxy) is 1. The molecule has 2 aromatic carbocycles. The Morgan fingerprint density at radius 1 is 1.21 bits per heavy atom. The smallest absolute Gasteiger partial charge is 0.253 e. The van der Waals surface area contributed by atoms with Gasteiger partial charge < -0.3 is 24.3 Å². The summed E-state index contributed by atoms with van der Waals surface area (Å²) in [5.74, 6) is 0.441. The van der Waals surface area contributed by atoms with E-state index in [0.29, 0.717) is 17.2 Å².